The molecule has 1 aromatic carbocycles. The molecule has 1 amide bonds. The van der Waals surface area contributed by atoms with E-state index in [-0.39, 0.29) is 37.0 Å². The molecule has 9 heteroatoms. The van der Waals surface area contributed by atoms with E-state index >= 15 is 0 Å². The van der Waals surface area contributed by atoms with Crippen LogP contribution >= 0.6 is 23.2 Å². The normalized spacial score (nSPS) is 18.9. The lowest BCUT2D eigenvalue weighted by atomic mass is 10.2. The number of hydrogen-bond donors (Lipinski definition) is 1. The Kier molecular flexibility index (Phi) is 5.34. The monoisotopic (exact) mass is 366 g/mol. The van der Waals surface area contributed by atoms with Crippen LogP contribution < -0.4 is 5.32 Å². The van der Waals surface area contributed by atoms with Crippen LogP contribution in [0.15, 0.2) is 29.2 Å². The summed E-state index contributed by atoms with van der Waals surface area (Å²) in [6, 6.07) is 6.48. The van der Waals surface area contributed by atoms with E-state index < -0.39 is 14.5 Å². The van der Waals surface area contributed by atoms with E-state index in [4.69, 9.17) is 27.9 Å². The first-order valence-electron chi connectivity index (χ1n) is 6.57. The molecule has 1 N–H and O–H groups in total. The summed E-state index contributed by atoms with van der Waals surface area (Å²) in [5.41, 5.74) is 0.499. The van der Waals surface area contributed by atoms with Gasteiger partial charge in [-0.3, -0.25) is 4.79 Å². The molecule has 1 aliphatic rings. The number of hydrogen-bond acceptors (Lipinski definition) is 4. The quantitative estimate of drug-likeness (QED) is 0.818. The molecule has 0 bridgehead atoms. The molecule has 0 radical (unpaired) electrons. The van der Waals surface area contributed by atoms with E-state index in [0.717, 1.165) is 0 Å². The third-order valence-electron chi connectivity index (χ3n) is 3.13. The summed E-state index contributed by atoms with van der Waals surface area (Å²) in [5.74, 6) is -0.237. The number of nitrogens with zero attached hydrogens (tertiary/aromatic N) is 1. The maximum absolute atomic E-state index is 12.8. The van der Waals surface area contributed by atoms with Crippen molar-refractivity contribution in [1.29, 1.82) is 0 Å². The topological polar surface area (TPSA) is 75.7 Å². The summed E-state index contributed by atoms with van der Waals surface area (Å²) in [6.07, 6.45) is 0. The zero-order valence-electron chi connectivity index (χ0n) is 11.9. The van der Waals surface area contributed by atoms with Gasteiger partial charge in [0, 0.05) is 20.0 Å². The number of morpholine rings is 1. The van der Waals surface area contributed by atoms with Crippen molar-refractivity contribution in [1.82, 2.24) is 9.62 Å². The van der Waals surface area contributed by atoms with Gasteiger partial charge in [0.2, 0.25) is 20.4 Å². The standard InChI is InChI=1S/C13H16Cl2N2O4S/c1-10(18)16-8-11-4-2-3-5-12(11)22(19,20)17-6-7-21-13(14,15)9-17/h2-5H,6-9H2,1H3,(H,16,18). The zero-order chi connectivity index (χ0) is 16.4. The highest BCUT2D eigenvalue weighted by Gasteiger charge is 2.39. The number of ether oxygens (including phenoxy) is 1. The highest BCUT2D eigenvalue weighted by molar-refractivity contribution is 7.89. The molecule has 22 heavy (non-hydrogen) atoms. The lowest BCUT2D eigenvalue weighted by Gasteiger charge is -2.34. The summed E-state index contributed by atoms with van der Waals surface area (Å²) < 4.78 is 30.3. The number of rotatable bonds is 4. The van der Waals surface area contributed by atoms with Gasteiger partial charge in [0.15, 0.2) is 0 Å². The van der Waals surface area contributed by atoms with Gasteiger partial charge in [-0.1, -0.05) is 41.4 Å². The summed E-state index contributed by atoms with van der Waals surface area (Å²) in [7, 11) is -3.78. The minimum atomic E-state index is -3.78. The van der Waals surface area contributed by atoms with E-state index in [1.807, 2.05) is 0 Å². The molecule has 0 aliphatic carbocycles. The number of carbonyl (C=O) groups is 1. The SMILES string of the molecule is CC(=O)NCc1ccccc1S(=O)(=O)N1CCOC(Cl)(Cl)C1. The number of halogens is 2. The number of carbonyl (C=O) groups excluding carboxylic acids is 1. The molecule has 0 spiro atoms. The fraction of sp³-hybridized carbons (Fsp3) is 0.462. The molecule has 1 aliphatic heterocycles. The second kappa shape index (κ2) is 6.72. The average Bonchev–Trinajstić information content (AvgIpc) is 2.44. The number of amides is 1. The van der Waals surface area contributed by atoms with Gasteiger partial charge in [-0.15, -0.1) is 0 Å². The van der Waals surface area contributed by atoms with Gasteiger partial charge in [0.1, 0.15) is 0 Å². The van der Waals surface area contributed by atoms with Gasteiger partial charge in [0.25, 0.3) is 0 Å². The Morgan fingerprint density at radius 2 is 2.09 bits per heavy atom. The first-order chi connectivity index (χ1) is 10.2. The van der Waals surface area contributed by atoms with Crippen molar-refractivity contribution in [2.45, 2.75) is 22.9 Å². The molecule has 122 valence electrons. The van der Waals surface area contributed by atoms with Crippen LogP contribution in [0.3, 0.4) is 0 Å². The number of benzene rings is 1. The van der Waals surface area contributed by atoms with Gasteiger partial charge in [-0.25, -0.2) is 8.42 Å². The van der Waals surface area contributed by atoms with Crippen LogP contribution in [-0.2, 0) is 26.1 Å². The Morgan fingerprint density at radius 1 is 1.41 bits per heavy atom. The van der Waals surface area contributed by atoms with Crippen molar-refractivity contribution in [3.8, 4) is 0 Å². The van der Waals surface area contributed by atoms with Crippen LogP contribution in [0.25, 0.3) is 0 Å². The summed E-state index contributed by atoms with van der Waals surface area (Å²) in [6.45, 7) is 1.61. The largest absolute Gasteiger partial charge is 0.352 e. The molecule has 0 atom stereocenters. The van der Waals surface area contributed by atoms with E-state index in [9.17, 15) is 13.2 Å². The third kappa shape index (κ3) is 4.11. The zero-order valence-corrected chi connectivity index (χ0v) is 14.2. The molecule has 1 fully saturated rings. The van der Waals surface area contributed by atoms with Crippen LogP contribution in [-0.4, -0.2) is 42.8 Å². The molecular weight excluding hydrogens is 351 g/mol. The fourth-order valence-electron chi connectivity index (χ4n) is 2.09. The molecule has 0 aromatic heterocycles. The van der Waals surface area contributed by atoms with E-state index in [0.29, 0.717) is 5.56 Å². The van der Waals surface area contributed by atoms with Crippen LogP contribution in [0.2, 0.25) is 0 Å². The molecule has 0 unspecified atom stereocenters. The van der Waals surface area contributed by atoms with Crippen molar-refractivity contribution in [2.24, 2.45) is 0 Å². The fourth-order valence-corrected chi connectivity index (χ4v) is 4.34. The molecular formula is C13H16Cl2N2O4S. The predicted octanol–water partition coefficient (Wildman–Crippen LogP) is 1.47. The van der Waals surface area contributed by atoms with Crippen molar-refractivity contribution in [2.75, 3.05) is 19.7 Å². The molecule has 1 aromatic rings. The van der Waals surface area contributed by atoms with Gasteiger partial charge in [0.05, 0.1) is 18.0 Å². The van der Waals surface area contributed by atoms with Crippen LogP contribution in [0, 0.1) is 0 Å². The third-order valence-corrected chi connectivity index (χ3v) is 5.54. The lowest BCUT2D eigenvalue weighted by Crippen LogP contribution is -2.48. The highest BCUT2D eigenvalue weighted by atomic mass is 35.5. The van der Waals surface area contributed by atoms with Crippen LogP contribution in [0.4, 0.5) is 0 Å². The summed E-state index contributed by atoms with van der Waals surface area (Å²) in [5, 5.41) is 2.59. The van der Waals surface area contributed by atoms with Crippen molar-refractivity contribution < 1.29 is 17.9 Å². The molecule has 0 saturated carbocycles. The van der Waals surface area contributed by atoms with Crippen molar-refractivity contribution >= 4 is 39.1 Å². The molecule has 6 nitrogen and oxygen atoms in total. The van der Waals surface area contributed by atoms with Gasteiger partial charge in [-0.2, -0.15) is 4.31 Å². The van der Waals surface area contributed by atoms with Gasteiger partial charge >= 0.3 is 0 Å². The molecule has 2 rings (SSSR count). The Morgan fingerprint density at radius 3 is 2.73 bits per heavy atom. The maximum Gasteiger partial charge on any atom is 0.243 e. The first kappa shape index (κ1) is 17.5. The Hall–Kier alpha value is -0.860. The van der Waals surface area contributed by atoms with E-state index in [1.165, 1.54) is 17.3 Å². The second-order valence-corrected chi connectivity index (χ2v) is 8.16. The Balaban J connectivity index is 2.31. The van der Waals surface area contributed by atoms with E-state index in [1.54, 1.807) is 18.2 Å². The smallest absolute Gasteiger partial charge is 0.243 e. The number of nitrogens with one attached hydrogen (secondary N) is 1. The Labute approximate surface area is 139 Å². The lowest BCUT2D eigenvalue weighted by molar-refractivity contribution is -0.119. The number of alkyl halides is 2. The second-order valence-electron chi connectivity index (χ2n) is 4.84. The van der Waals surface area contributed by atoms with Crippen molar-refractivity contribution in [3.05, 3.63) is 29.8 Å². The number of sulfonamides is 1. The van der Waals surface area contributed by atoms with Gasteiger partial charge < -0.3 is 10.1 Å². The van der Waals surface area contributed by atoms with E-state index in [2.05, 4.69) is 5.32 Å². The van der Waals surface area contributed by atoms with Crippen molar-refractivity contribution in [3.63, 3.8) is 0 Å². The predicted molar refractivity (Wildman–Crippen MR) is 83.1 cm³/mol. The molecule has 1 heterocycles. The summed E-state index contributed by atoms with van der Waals surface area (Å²) >= 11 is 11.8. The molecule has 1 saturated heterocycles. The van der Waals surface area contributed by atoms with Gasteiger partial charge in [-0.05, 0) is 11.6 Å². The minimum Gasteiger partial charge on any atom is -0.352 e. The van der Waals surface area contributed by atoms with Crippen LogP contribution in [0.1, 0.15) is 12.5 Å². The Bertz CT molecular complexity index is 664. The van der Waals surface area contributed by atoms with Crippen LogP contribution in [0.5, 0.6) is 0 Å². The average molecular weight is 367 g/mol. The first-order valence-corrected chi connectivity index (χ1v) is 8.76. The highest BCUT2D eigenvalue weighted by Crippen LogP contribution is 2.31. The maximum atomic E-state index is 12.8. The summed E-state index contributed by atoms with van der Waals surface area (Å²) in [4.78, 5) is 11.2. The minimum absolute atomic E-state index is 0.111.